The molecule has 1 amide bonds. The summed E-state index contributed by atoms with van der Waals surface area (Å²) in [7, 11) is 0. The van der Waals surface area contributed by atoms with Gasteiger partial charge in [-0.05, 0) is 31.7 Å². The van der Waals surface area contributed by atoms with Gasteiger partial charge in [0.15, 0.2) is 0 Å². The van der Waals surface area contributed by atoms with Gasteiger partial charge in [0.1, 0.15) is 0 Å². The van der Waals surface area contributed by atoms with Crippen LogP contribution in [-0.4, -0.2) is 16.8 Å². The molecule has 1 N–H and O–H groups in total. The van der Waals surface area contributed by atoms with E-state index < -0.39 is 0 Å². The van der Waals surface area contributed by atoms with Gasteiger partial charge in [-0.25, -0.2) is 0 Å². The number of carbonyl (C=O) groups excluding carboxylic acids is 1. The zero-order valence-corrected chi connectivity index (χ0v) is 13.0. The number of amides is 1. The Hall–Kier alpha value is -0.870. The number of halogens is 1. The predicted molar refractivity (Wildman–Crippen MR) is 84.3 cm³/mol. The minimum absolute atomic E-state index is 0.0791. The summed E-state index contributed by atoms with van der Waals surface area (Å²) in [5.74, 6) is 0.0791. The summed E-state index contributed by atoms with van der Waals surface area (Å²) in [6.45, 7) is 0. The SMILES string of the molecule is O=C(NC1CCC(Br)CC1)c1csc2ccccc12. The highest BCUT2D eigenvalue weighted by atomic mass is 79.9. The van der Waals surface area contributed by atoms with Gasteiger partial charge in [0.25, 0.3) is 5.91 Å². The van der Waals surface area contributed by atoms with Gasteiger partial charge >= 0.3 is 0 Å². The Labute approximate surface area is 125 Å². The first-order valence-electron chi connectivity index (χ1n) is 6.65. The predicted octanol–water partition coefficient (Wildman–Crippen LogP) is 4.34. The van der Waals surface area contributed by atoms with Crippen LogP contribution >= 0.6 is 27.3 Å². The van der Waals surface area contributed by atoms with Crippen LogP contribution in [0.3, 0.4) is 0 Å². The number of benzene rings is 1. The molecule has 1 aromatic heterocycles. The summed E-state index contributed by atoms with van der Waals surface area (Å²) in [6.07, 6.45) is 4.44. The molecule has 19 heavy (non-hydrogen) atoms. The molecule has 1 aliphatic rings. The number of rotatable bonds is 2. The zero-order valence-electron chi connectivity index (χ0n) is 10.6. The monoisotopic (exact) mass is 337 g/mol. The topological polar surface area (TPSA) is 29.1 Å². The molecule has 1 heterocycles. The van der Waals surface area contributed by atoms with E-state index in [1.54, 1.807) is 11.3 Å². The lowest BCUT2D eigenvalue weighted by molar-refractivity contribution is 0.0930. The van der Waals surface area contributed by atoms with Gasteiger partial charge in [-0.3, -0.25) is 4.79 Å². The van der Waals surface area contributed by atoms with Crippen LogP contribution in [0.2, 0.25) is 0 Å². The standard InChI is InChI=1S/C15H16BrNOS/c16-10-5-7-11(8-6-10)17-15(18)13-9-19-14-4-2-1-3-12(13)14/h1-4,9-11H,5-8H2,(H,17,18). The first-order valence-corrected chi connectivity index (χ1v) is 8.45. The molecule has 1 fully saturated rings. The average molecular weight is 338 g/mol. The van der Waals surface area contributed by atoms with Gasteiger partial charge in [-0.1, -0.05) is 34.1 Å². The summed E-state index contributed by atoms with van der Waals surface area (Å²) in [6, 6.07) is 8.42. The normalized spacial score (nSPS) is 23.4. The van der Waals surface area contributed by atoms with E-state index in [9.17, 15) is 4.79 Å². The van der Waals surface area contributed by atoms with Crippen molar-refractivity contribution in [1.29, 1.82) is 0 Å². The third-order valence-corrected chi connectivity index (χ3v) is 5.60. The minimum Gasteiger partial charge on any atom is -0.349 e. The van der Waals surface area contributed by atoms with Crippen LogP contribution < -0.4 is 5.32 Å². The Morgan fingerprint density at radius 2 is 1.95 bits per heavy atom. The second-order valence-electron chi connectivity index (χ2n) is 5.07. The van der Waals surface area contributed by atoms with Gasteiger partial charge in [0, 0.05) is 26.3 Å². The van der Waals surface area contributed by atoms with Crippen molar-refractivity contribution in [3.8, 4) is 0 Å². The van der Waals surface area contributed by atoms with Crippen molar-refractivity contribution in [3.63, 3.8) is 0 Å². The van der Waals surface area contributed by atoms with Gasteiger partial charge in [0.2, 0.25) is 0 Å². The van der Waals surface area contributed by atoms with Crippen LogP contribution in [0.5, 0.6) is 0 Å². The first kappa shape index (κ1) is 13.1. The second kappa shape index (κ2) is 5.63. The Morgan fingerprint density at radius 1 is 1.21 bits per heavy atom. The van der Waals surface area contributed by atoms with Gasteiger partial charge in [0.05, 0.1) is 5.56 Å². The summed E-state index contributed by atoms with van der Waals surface area (Å²) in [4.78, 5) is 13.0. The number of fused-ring (bicyclic) bond motifs is 1. The number of thiophene rings is 1. The number of hydrogen-bond acceptors (Lipinski definition) is 2. The first-order chi connectivity index (χ1) is 9.24. The quantitative estimate of drug-likeness (QED) is 0.811. The second-order valence-corrected chi connectivity index (χ2v) is 7.27. The van der Waals surface area contributed by atoms with Gasteiger partial charge < -0.3 is 5.32 Å². The fourth-order valence-corrected chi connectivity index (χ4v) is 4.08. The molecule has 2 aromatic rings. The largest absolute Gasteiger partial charge is 0.349 e. The fourth-order valence-electron chi connectivity index (χ4n) is 2.61. The lowest BCUT2D eigenvalue weighted by Crippen LogP contribution is -2.37. The van der Waals surface area contributed by atoms with E-state index in [1.165, 1.54) is 4.70 Å². The molecule has 1 aromatic carbocycles. The number of hydrogen-bond donors (Lipinski definition) is 1. The molecule has 3 rings (SSSR count). The van der Waals surface area contributed by atoms with Crippen molar-refractivity contribution >= 4 is 43.3 Å². The average Bonchev–Trinajstić information content (AvgIpc) is 2.85. The summed E-state index contributed by atoms with van der Waals surface area (Å²) in [5.41, 5.74) is 0.821. The highest BCUT2D eigenvalue weighted by Gasteiger charge is 2.22. The van der Waals surface area contributed by atoms with Crippen molar-refractivity contribution in [2.45, 2.75) is 36.6 Å². The molecule has 0 saturated heterocycles. The smallest absolute Gasteiger partial charge is 0.252 e. The van der Waals surface area contributed by atoms with Crippen molar-refractivity contribution in [3.05, 3.63) is 35.2 Å². The Morgan fingerprint density at radius 3 is 2.74 bits per heavy atom. The van der Waals surface area contributed by atoms with Crippen molar-refractivity contribution in [2.24, 2.45) is 0 Å². The van der Waals surface area contributed by atoms with E-state index >= 15 is 0 Å². The molecule has 0 radical (unpaired) electrons. The van der Waals surface area contributed by atoms with Crippen LogP contribution in [-0.2, 0) is 0 Å². The molecule has 0 aliphatic heterocycles. The van der Waals surface area contributed by atoms with Crippen molar-refractivity contribution < 1.29 is 4.79 Å². The van der Waals surface area contributed by atoms with Gasteiger partial charge in [-0.15, -0.1) is 11.3 Å². The molecule has 0 bridgehead atoms. The van der Waals surface area contributed by atoms with Crippen molar-refractivity contribution in [2.75, 3.05) is 0 Å². The van der Waals surface area contributed by atoms with Crippen molar-refractivity contribution in [1.82, 2.24) is 5.32 Å². The molecule has 4 heteroatoms. The Kier molecular flexibility index (Phi) is 3.89. The maximum absolute atomic E-state index is 12.4. The summed E-state index contributed by atoms with van der Waals surface area (Å²) in [5, 5.41) is 6.22. The van der Waals surface area contributed by atoms with Crippen LogP contribution in [0.4, 0.5) is 0 Å². The number of nitrogens with one attached hydrogen (secondary N) is 1. The van der Waals surface area contributed by atoms with Gasteiger partial charge in [-0.2, -0.15) is 0 Å². The third kappa shape index (κ3) is 2.84. The van der Waals surface area contributed by atoms with E-state index in [-0.39, 0.29) is 5.91 Å². The molecular formula is C15H16BrNOS. The molecule has 1 aliphatic carbocycles. The highest BCUT2D eigenvalue weighted by molar-refractivity contribution is 9.09. The number of alkyl halides is 1. The zero-order chi connectivity index (χ0) is 13.2. The van der Waals surface area contributed by atoms with Crippen LogP contribution in [0, 0.1) is 0 Å². The Balaban J connectivity index is 1.73. The molecule has 100 valence electrons. The lowest BCUT2D eigenvalue weighted by Gasteiger charge is -2.25. The highest BCUT2D eigenvalue weighted by Crippen LogP contribution is 2.27. The van der Waals surface area contributed by atoms with E-state index in [2.05, 4.69) is 27.3 Å². The molecule has 0 atom stereocenters. The summed E-state index contributed by atoms with van der Waals surface area (Å²) >= 11 is 5.28. The molecule has 0 unspecified atom stereocenters. The molecular weight excluding hydrogens is 322 g/mol. The van der Waals surface area contributed by atoms with E-state index in [0.717, 1.165) is 36.6 Å². The van der Waals surface area contributed by atoms with E-state index in [1.807, 2.05) is 23.6 Å². The van der Waals surface area contributed by atoms with E-state index in [4.69, 9.17) is 0 Å². The van der Waals surface area contributed by atoms with Crippen LogP contribution in [0.15, 0.2) is 29.6 Å². The Bertz CT molecular complexity index is 587. The molecule has 0 spiro atoms. The fraction of sp³-hybridized carbons (Fsp3) is 0.400. The maximum Gasteiger partial charge on any atom is 0.252 e. The number of carbonyl (C=O) groups is 1. The third-order valence-electron chi connectivity index (χ3n) is 3.72. The lowest BCUT2D eigenvalue weighted by atomic mass is 9.95. The molecule has 2 nitrogen and oxygen atoms in total. The van der Waals surface area contributed by atoms with E-state index in [0.29, 0.717) is 10.9 Å². The van der Waals surface area contributed by atoms with Crippen LogP contribution in [0.25, 0.3) is 10.1 Å². The minimum atomic E-state index is 0.0791. The maximum atomic E-state index is 12.4. The summed E-state index contributed by atoms with van der Waals surface area (Å²) < 4.78 is 1.18. The molecule has 1 saturated carbocycles. The van der Waals surface area contributed by atoms with Crippen LogP contribution in [0.1, 0.15) is 36.0 Å².